The molecule has 8 nitrogen and oxygen atoms in total. The number of rotatable bonds is 14. The molecular formula is C23H39N5O3. The topological polar surface area (TPSA) is 102 Å². The molecule has 0 aromatic carbocycles. The lowest BCUT2D eigenvalue weighted by atomic mass is 10.1. The van der Waals surface area contributed by atoms with Crippen LogP contribution in [0, 0.1) is 5.92 Å². The van der Waals surface area contributed by atoms with Gasteiger partial charge in [-0.1, -0.05) is 47.0 Å². The molecule has 2 aromatic heterocycles. The Labute approximate surface area is 184 Å². The molecule has 31 heavy (non-hydrogen) atoms. The van der Waals surface area contributed by atoms with Crippen LogP contribution >= 0.6 is 0 Å². The summed E-state index contributed by atoms with van der Waals surface area (Å²) in [6.07, 6.45) is 7.62. The molecule has 0 saturated heterocycles. The third-order valence-corrected chi connectivity index (χ3v) is 5.54. The lowest BCUT2D eigenvalue weighted by molar-refractivity contribution is -0.121. The van der Waals surface area contributed by atoms with Crippen molar-refractivity contribution in [1.29, 1.82) is 0 Å². The number of aryl methyl sites for hydroxylation is 3. The van der Waals surface area contributed by atoms with Gasteiger partial charge in [0, 0.05) is 32.5 Å². The summed E-state index contributed by atoms with van der Waals surface area (Å²) in [4.78, 5) is 44.5. The maximum Gasteiger partial charge on any atom is 0.330 e. The molecule has 0 radical (unpaired) electrons. The minimum atomic E-state index is -0.418. The van der Waals surface area contributed by atoms with E-state index in [4.69, 9.17) is 0 Å². The van der Waals surface area contributed by atoms with Gasteiger partial charge in [0.15, 0.2) is 11.2 Å². The van der Waals surface area contributed by atoms with Gasteiger partial charge in [-0.05, 0) is 31.6 Å². The van der Waals surface area contributed by atoms with Gasteiger partial charge in [-0.2, -0.15) is 0 Å². The minimum absolute atomic E-state index is 0.00629. The Bertz CT molecular complexity index is 954. The third-order valence-electron chi connectivity index (χ3n) is 5.54. The van der Waals surface area contributed by atoms with E-state index >= 15 is 0 Å². The zero-order valence-corrected chi connectivity index (χ0v) is 19.6. The van der Waals surface area contributed by atoms with Gasteiger partial charge >= 0.3 is 5.69 Å². The molecular weight excluding hydrogens is 394 g/mol. The first-order valence-electron chi connectivity index (χ1n) is 11.9. The van der Waals surface area contributed by atoms with Crippen molar-refractivity contribution >= 4 is 17.1 Å². The summed E-state index contributed by atoms with van der Waals surface area (Å²) in [6, 6.07) is 0. The number of hydrogen-bond donors (Lipinski definition) is 2. The van der Waals surface area contributed by atoms with Crippen molar-refractivity contribution < 1.29 is 4.79 Å². The molecule has 8 heteroatoms. The van der Waals surface area contributed by atoms with E-state index in [1.165, 1.54) is 0 Å². The monoisotopic (exact) mass is 433 g/mol. The Morgan fingerprint density at radius 1 is 1.03 bits per heavy atom. The van der Waals surface area contributed by atoms with Crippen LogP contribution < -0.4 is 16.6 Å². The molecule has 2 rings (SSSR count). The minimum Gasteiger partial charge on any atom is -0.356 e. The zero-order chi connectivity index (χ0) is 22.8. The predicted octanol–water partition coefficient (Wildman–Crippen LogP) is 3.36. The Kier molecular flexibility index (Phi) is 10.0. The van der Waals surface area contributed by atoms with E-state index in [0.717, 1.165) is 44.9 Å². The first-order chi connectivity index (χ1) is 14.9. The molecule has 2 N–H and O–H groups in total. The normalized spacial score (nSPS) is 11.5. The van der Waals surface area contributed by atoms with Gasteiger partial charge in [-0.15, -0.1) is 0 Å². The average molecular weight is 434 g/mol. The number of carbonyl (C=O) groups excluding carboxylic acids is 1. The predicted molar refractivity (Wildman–Crippen MR) is 124 cm³/mol. The summed E-state index contributed by atoms with van der Waals surface area (Å²) in [5.74, 6) is 1.32. The van der Waals surface area contributed by atoms with Crippen molar-refractivity contribution in [1.82, 2.24) is 24.4 Å². The average Bonchev–Trinajstić information content (AvgIpc) is 3.08. The zero-order valence-electron chi connectivity index (χ0n) is 19.6. The van der Waals surface area contributed by atoms with Gasteiger partial charge < -0.3 is 9.88 Å². The Balaban J connectivity index is 2.25. The highest BCUT2D eigenvalue weighted by Gasteiger charge is 2.19. The standard InChI is InChI=1S/C23H39N5O3/c1-5-7-9-16-27-18(12-13-19(29)24-14-10-11-17(3)4)25-21-20(27)22(30)26-23(31)28(21)15-8-6-2/h17H,5-16H2,1-4H3,(H,24,29)(H,26,30,31). The SMILES string of the molecule is CCCCCn1c(CCC(=O)NCCCC(C)C)nc2c1c(=O)[nH]c(=O)n2CCCC. The Morgan fingerprint density at radius 3 is 2.42 bits per heavy atom. The number of fused-ring (bicyclic) bond motifs is 1. The molecule has 0 saturated carbocycles. The summed E-state index contributed by atoms with van der Waals surface area (Å²) in [5, 5.41) is 2.97. The van der Waals surface area contributed by atoms with Crippen LogP contribution in [0.2, 0.25) is 0 Å². The summed E-state index contributed by atoms with van der Waals surface area (Å²) in [7, 11) is 0. The van der Waals surface area contributed by atoms with Crippen LogP contribution in [0.3, 0.4) is 0 Å². The number of aromatic nitrogens is 4. The van der Waals surface area contributed by atoms with E-state index in [1.807, 2.05) is 4.57 Å². The summed E-state index contributed by atoms with van der Waals surface area (Å²) in [5.41, 5.74) is 0.0601. The van der Waals surface area contributed by atoms with E-state index in [0.29, 0.717) is 55.4 Å². The number of nitrogens with one attached hydrogen (secondary N) is 2. The number of amides is 1. The lowest BCUT2D eigenvalue weighted by Crippen LogP contribution is -2.31. The number of carbonyl (C=O) groups is 1. The van der Waals surface area contributed by atoms with Gasteiger partial charge in [0.05, 0.1) is 0 Å². The number of unbranched alkanes of at least 4 members (excludes halogenated alkanes) is 3. The molecule has 0 aliphatic carbocycles. The fourth-order valence-corrected chi connectivity index (χ4v) is 3.74. The van der Waals surface area contributed by atoms with Crippen LogP contribution in [-0.4, -0.2) is 31.6 Å². The van der Waals surface area contributed by atoms with Crippen molar-refractivity contribution in [2.24, 2.45) is 5.92 Å². The maximum absolute atomic E-state index is 12.7. The molecule has 0 spiro atoms. The molecule has 174 valence electrons. The van der Waals surface area contributed by atoms with E-state index in [9.17, 15) is 14.4 Å². The van der Waals surface area contributed by atoms with Crippen LogP contribution in [0.4, 0.5) is 0 Å². The lowest BCUT2D eigenvalue weighted by Gasteiger charge is -2.09. The molecule has 0 bridgehead atoms. The van der Waals surface area contributed by atoms with E-state index in [-0.39, 0.29) is 5.91 Å². The fraction of sp³-hybridized carbons (Fsp3) is 0.739. The molecule has 1 amide bonds. The fourth-order valence-electron chi connectivity index (χ4n) is 3.74. The Morgan fingerprint density at radius 2 is 1.74 bits per heavy atom. The molecule has 0 unspecified atom stereocenters. The highest BCUT2D eigenvalue weighted by atomic mass is 16.2. The summed E-state index contributed by atoms with van der Waals surface area (Å²) < 4.78 is 3.48. The number of imidazole rings is 1. The van der Waals surface area contributed by atoms with Crippen LogP contribution in [0.25, 0.3) is 11.2 Å². The quantitative estimate of drug-likeness (QED) is 0.446. The second-order valence-electron chi connectivity index (χ2n) is 8.71. The third kappa shape index (κ3) is 7.08. The van der Waals surface area contributed by atoms with Crippen molar-refractivity contribution in [3.8, 4) is 0 Å². The van der Waals surface area contributed by atoms with Crippen LogP contribution in [0.15, 0.2) is 9.59 Å². The van der Waals surface area contributed by atoms with E-state index in [1.54, 1.807) is 4.57 Å². The Hall–Kier alpha value is -2.38. The van der Waals surface area contributed by atoms with Crippen molar-refractivity contribution in [2.45, 2.75) is 98.6 Å². The van der Waals surface area contributed by atoms with Crippen LogP contribution in [-0.2, 0) is 24.3 Å². The van der Waals surface area contributed by atoms with E-state index < -0.39 is 11.2 Å². The summed E-state index contributed by atoms with van der Waals surface area (Å²) >= 11 is 0. The number of aromatic amines is 1. The number of hydrogen-bond acceptors (Lipinski definition) is 4. The molecule has 2 aromatic rings. The first kappa shape index (κ1) is 24.9. The molecule has 0 aliphatic rings. The van der Waals surface area contributed by atoms with Gasteiger partial charge in [0.2, 0.25) is 5.91 Å². The number of nitrogens with zero attached hydrogens (tertiary/aromatic N) is 3. The molecule has 0 atom stereocenters. The largest absolute Gasteiger partial charge is 0.356 e. The smallest absolute Gasteiger partial charge is 0.330 e. The van der Waals surface area contributed by atoms with Crippen molar-refractivity contribution in [2.75, 3.05) is 6.54 Å². The van der Waals surface area contributed by atoms with Crippen LogP contribution in [0.1, 0.15) is 84.9 Å². The van der Waals surface area contributed by atoms with Gasteiger partial charge in [0.25, 0.3) is 5.56 Å². The molecule has 2 heterocycles. The highest BCUT2D eigenvalue weighted by molar-refractivity contribution is 5.76. The molecule has 0 aliphatic heterocycles. The second kappa shape index (κ2) is 12.5. The van der Waals surface area contributed by atoms with Crippen molar-refractivity contribution in [3.63, 3.8) is 0 Å². The van der Waals surface area contributed by atoms with Crippen molar-refractivity contribution in [3.05, 3.63) is 26.7 Å². The van der Waals surface area contributed by atoms with Gasteiger partial charge in [-0.3, -0.25) is 19.1 Å². The molecule has 0 fully saturated rings. The van der Waals surface area contributed by atoms with Gasteiger partial charge in [-0.25, -0.2) is 9.78 Å². The van der Waals surface area contributed by atoms with Crippen LogP contribution in [0.5, 0.6) is 0 Å². The second-order valence-corrected chi connectivity index (χ2v) is 8.71. The highest BCUT2D eigenvalue weighted by Crippen LogP contribution is 2.15. The first-order valence-corrected chi connectivity index (χ1v) is 11.9. The summed E-state index contributed by atoms with van der Waals surface area (Å²) in [6.45, 7) is 10.4. The van der Waals surface area contributed by atoms with Gasteiger partial charge in [0.1, 0.15) is 5.82 Å². The van der Waals surface area contributed by atoms with E-state index in [2.05, 4.69) is 43.0 Å². The number of H-pyrrole nitrogens is 1. The maximum atomic E-state index is 12.7.